The smallest absolute Gasteiger partial charge is 0.306 e. The molecule has 0 aromatic rings. The Morgan fingerprint density at radius 3 is 0.818 bits per heavy atom. The van der Waals surface area contributed by atoms with Crippen LogP contribution in [0.2, 0.25) is 0 Å². The number of ether oxygens (including phenoxy) is 3. The molecule has 77 heavy (non-hydrogen) atoms. The maximum absolute atomic E-state index is 12.9. The highest BCUT2D eigenvalue weighted by Gasteiger charge is 2.19. The van der Waals surface area contributed by atoms with Crippen LogP contribution in [-0.4, -0.2) is 37.2 Å². The van der Waals surface area contributed by atoms with E-state index in [1.165, 1.54) is 135 Å². The van der Waals surface area contributed by atoms with Gasteiger partial charge in [-0.3, -0.25) is 14.4 Å². The maximum Gasteiger partial charge on any atom is 0.306 e. The van der Waals surface area contributed by atoms with Gasteiger partial charge in [-0.2, -0.15) is 0 Å². The lowest BCUT2D eigenvalue weighted by Gasteiger charge is -2.18. The third kappa shape index (κ3) is 62.8. The SMILES string of the molecule is CC/C=C\C/C=C\C/C=C\C/C=C\C/C=C\C/C=C\C/C=C\CCCCCCCCCCCCCC(=O)OCC(COC(=O)CCCCCCCCCCCCC)OC(=O)CCCCCCC/C=C\C/C=C\CCCCC. The van der Waals surface area contributed by atoms with Gasteiger partial charge < -0.3 is 14.2 Å². The quantitative estimate of drug-likeness (QED) is 0.0261. The molecule has 0 bridgehead atoms. The molecule has 6 nitrogen and oxygen atoms in total. The largest absolute Gasteiger partial charge is 0.462 e. The van der Waals surface area contributed by atoms with Crippen molar-refractivity contribution in [2.75, 3.05) is 13.2 Å². The average Bonchev–Trinajstić information content (AvgIpc) is 3.43. The van der Waals surface area contributed by atoms with Gasteiger partial charge in [0.2, 0.25) is 0 Å². The van der Waals surface area contributed by atoms with E-state index in [0.717, 1.165) is 128 Å². The Labute approximate surface area is 476 Å². The van der Waals surface area contributed by atoms with Crippen molar-refractivity contribution < 1.29 is 28.6 Å². The first-order valence-corrected chi connectivity index (χ1v) is 32.4. The molecule has 0 saturated carbocycles. The van der Waals surface area contributed by atoms with Crippen LogP contribution in [0.25, 0.3) is 0 Å². The van der Waals surface area contributed by atoms with Gasteiger partial charge in [-0.05, 0) is 109 Å². The van der Waals surface area contributed by atoms with Gasteiger partial charge in [-0.1, -0.05) is 284 Å². The second kappa shape index (κ2) is 64.6. The molecule has 0 spiro atoms. The van der Waals surface area contributed by atoms with Crippen molar-refractivity contribution in [3.8, 4) is 0 Å². The van der Waals surface area contributed by atoms with Crippen LogP contribution in [0.3, 0.4) is 0 Å². The molecule has 0 rings (SSSR count). The summed E-state index contributed by atoms with van der Waals surface area (Å²) in [5, 5.41) is 0. The highest BCUT2D eigenvalue weighted by atomic mass is 16.6. The molecular formula is C71H120O6. The summed E-state index contributed by atoms with van der Waals surface area (Å²) >= 11 is 0. The number of allylic oxidation sites excluding steroid dienone is 18. The van der Waals surface area contributed by atoms with Crippen molar-refractivity contribution in [2.24, 2.45) is 0 Å². The number of esters is 3. The van der Waals surface area contributed by atoms with Gasteiger partial charge in [-0.25, -0.2) is 0 Å². The van der Waals surface area contributed by atoms with Crippen molar-refractivity contribution in [1.29, 1.82) is 0 Å². The molecule has 0 aliphatic rings. The number of unbranched alkanes of at least 4 members (excludes halogenated alkanes) is 29. The standard InChI is InChI=1S/C71H120O6/c1-4-7-10-13-16-19-22-24-26-27-28-29-30-31-32-33-34-35-36-37-38-39-40-41-42-43-45-46-49-52-55-58-61-64-70(73)76-67-68(66-75-69(72)63-60-57-54-51-48-21-18-15-12-9-6-3)77-71(74)65-62-59-56-53-50-47-44-25-23-20-17-14-11-8-5-2/h7,10,16-17,19-20,24-26,28-29,31-32,34-35,37-38,44,68H,4-6,8-9,11-15,18,21-23,27,30,33,36,39-43,45-67H2,1-3H3/b10-7-,19-16-,20-17-,26-24-,29-28-,32-31-,35-34-,38-37-,44-25-. The average molecular weight is 1070 g/mol. The number of carbonyl (C=O) groups excluding carboxylic acids is 3. The summed E-state index contributed by atoms with van der Waals surface area (Å²) in [5.74, 6) is -0.892. The van der Waals surface area contributed by atoms with Gasteiger partial charge in [0.05, 0.1) is 0 Å². The molecular weight excluding hydrogens is 949 g/mol. The second-order valence-corrected chi connectivity index (χ2v) is 21.3. The molecule has 1 unspecified atom stereocenters. The van der Waals surface area contributed by atoms with Gasteiger partial charge in [0.25, 0.3) is 0 Å². The summed E-state index contributed by atoms with van der Waals surface area (Å²) in [7, 11) is 0. The normalized spacial score (nSPS) is 12.8. The Morgan fingerprint density at radius 1 is 0.273 bits per heavy atom. The molecule has 0 aliphatic carbocycles. The van der Waals surface area contributed by atoms with Crippen LogP contribution >= 0.6 is 0 Å². The summed E-state index contributed by atoms with van der Waals surface area (Å²) in [6.45, 7) is 6.49. The van der Waals surface area contributed by atoms with E-state index in [9.17, 15) is 14.4 Å². The van der Waals surface area contributed by atoms with Crippen molar-refractivity contribution in [1.82, 2.24) is 0 Å². The van der Waals surface area contributed by atoms with Gasteiger partial charge in [0.1, 0.15) is 13.2 Å². The Kier molecular flexibility index (Phi) is 61.3. The zero-order chi connectivity index (χ0) is 55.7. The lowest BCUT2D eigenvalue weighted by molar-refractivity contribution is -0.167. The minimum atomic E-state index is -0.785. The van der Waals surface area contributed by atoms with E-state index in [1.807, 2.05) is 0 Å². The van der Waals surface area contributed by atoms with Crippen molar-refractivity contribution in [3.05, 3.63) is 109 Å². The summed E-state index contributed by atoms with van der Waals surface area (Å²) in [4.78, 5) is 38.2. The molecule has 0 radical (unpaired) electrons. The Morgan fingerprint density at radius 2 is 0.506 bits per heavy atom. The lowest BCUT2D eigenvalue weighted by atomic mass is 10.0. The van der Waals surface area contributed by atoms with Gasteiger partial charge in [-0.15, -0.1) is 0 Å². The van der Waals surface area contributed by atoms with E-state index >= 15 is 0 Å². The molecule has 6 heteroatoms. The zero-order valence-electron chi connectivity index (χ0n) is 50.4. The molecule has 0 amide bonds. The minimum absolute atomic E-state index is 0.0816. The third-order valence-electron chi connectivity index (χ3n) is 13.8. The van der Waals surface area contributed by atoms with Crippen LogP contribution in [0.15, 0.2) is 109 Å². The van der Waals surface area contributed by atoms with Crippen LogP contribution in [0.4, 0.5) is 0 Å². The van der Waals surface area contributed by atoms with Crippen molar-refractivity contribution in [2.45, 2.75) is 309 Å². The highest BCUT2D eigenvalue weighted by Crippen LogP contribution is 2.16. The zero-order valence-corrected chi connectivity index (χ0v) is 50.4. The van der Waals surface area contributed by atoms with Crippen LogP contribution in [0.5, 0.6) is 0 Å². The third-order valence-corrected chi connectivity index (χ3v) is 13.8. The molecule has 440 valence electrons. The molecule has 0 heterocycles. The van der Waals surface area contributed by atoms with E-state index in [2.05, 4.69) is 130 Å². The van der Waals surface area contributed by atoms with E-state index in [-0.39, 0.29) is 31.1 Å². The minimum Gasteiger partial charge on any atom is -0.462 e. The van der Waals surface area contributed by atoms with Crippen LogP contribution < -0.4 is 0 Å². The van der Waals surface area contributed by atoms with Gasteiger partial charge in [0.15, 0.2) is 6.10 Å². The maximum atomic E-state index is 12.9. The van der Waals surface area contributed by atoms with Gasteiger partial charge in [0, 0.05) is 19.3 Å². The Balaban J connectivity index is 4.19. The number of hydrogen-bond acceptors (Lipinski definition) is 6. The van der Waals surface area contributed by atoms with Gasteiger partial charge >= 0.3 is 17.9 Å². The van der Waals surface area contributed by atoms with Crippen molar-refractivity contribution >= 4 is 17.9 Å². The predicted octanol–water partition coefficient (Wildman–Crippen LogP) is 22.2. The fourth-order valence-corrected chi connectivity index (χ4v) is 8.92. The topological polar surface area (TPSA) is 78.9 Å². The lowest BCUT2D eigenvalue weighted by Crippen LogP contribution is -2.30. The predicted molar refractivity (Wildman–Crippen MR) is 334 cm³/mol. The van der Waals surface area contributed by atoms with Crippen LogP contribution in [0, 0.1) is 0 Å². The number of rotatable bonds is 58. The fraction of sp³-hybridized carbons (Fsp3) is 0.704. The first-order valence-electron chi connectivity index (χ1n) is 32.4. The molecule has 0 N–H and O–H groups in total. The summed E-state index contributed by atoms with van der Waals surface area (Å²) < 4.78 is 16.9. The molecule has 0 aromatic carbocycles. The van der Waals surface area contributed by atoms with E-state index in [0.29, 0.717) is 19.3 Å². The summed E-state index contributed by atoms with van der Waals surface area (Å²) in [6, 6.07) is 0. The molecule has 0 aromatic heterocycles. The summed E-state index contributed by atoms with van der Waals surface area (Å²) in [6.07, 6.45) is 88.2. The van der Waals surface area contributed by atoms with E-state index in [1.54, 1.807) is 0 Å². The monoisotopic (exact) mass is 1070 g/mol. The first kappa shape index (κ1) is 73.1. The molecule has 0 fully saturated rings. The Hall–Kier alpha value is -3.93. The Bertz CT molecular complexity index is 1560. The second-order valence-electron chi connectivity index (χ2n) is 21.3. The summed E-state index contributed by atoms with van der Waals surface area (Å²) in [5.41, 5.74) is 0. The first-order chi connectivity index (χ1) is 38.0. The van der Waals surface area contributed by atoms with E-state index in [4.69, 9.17) is 14.2 Å². The fourth-order valence-electron chi connectivity index (χ4n) is 8.92. The molecule has 0 aliphatic heterocycles. The van der Waals surface area contributed by atoms with Crippen LogP contribution in [-0.2, 0) is 28.6 Å². The molecule has 0 saturated heterocycles. The number of hydrogen-bond donors (Lipinski definition) is 0. The van der Waals surface area contributed by atoms with E-state index < -0.39 is 6.10 Å². The van der Waals surface area contributed by atoms with Crippen molar-refractivity contribution in [3.63, 3.8) is 0 Å². The number of carbonyl (C=O) groups is 3. The van der Waals surface area contributed by atoms with Crippen LogP contribution in [0.1, 0.15) is 303 Å². The highest BCUT2D eigenvalue weighted by molar-refractivity contribution is 5.71. The molecule has 1 atom stereocenters.